The molecular formula is C18H31NO. The van der Waals surface area contributed by atoms with Crippen LogP contribution >= 0.6 is 0 Å². The van der Waals surface area contributed by atoms with Crippen LogP contribution in [0.2, 0.25) is 0 Å². The number of nitrogens with two attached hydrogens (primary N) is 1. The first-order chi connectivity index (χ1) is 9.79. The fourth-order valence-corrected chi connectivity index (χ4v) is 2.63. The number of hydrogen-bond acceptors (Lipinski definition) is 2. The molecule has 1 rings (SSSR count). The van der Waals surface area contributed by atoms with Crippen molar-refractivity contribution in [2.45, 2.75) is 70.8 Å². The van der Waals surface area contributed by atoms with Gasteiger partial charge in [0, 0.05) is 11.6 Å². The zero-order chi connectivity index (χ0) is 14.6. The van der Waals surface area contributed by atoms with Crippen molar-refractivity contribution >= 4 is 0 Å². The molecule has 1 aromatic rings. The molecule has 1 atom stereocenters. The highest BCUT2D eigenvalue weighted by molar-refractivity contribution is 5.35. The van der Waals surface area contributed by atoms with Crippen LogP contribution in [0, 0.1) is 0 Å². The highest BCUT2D eigenvalue weighted by Crippen LogP contribution is 2.26. The average Bonchev–Trinajstić information content (AvgIpc) is 2.49. The first-order valence-electron chi connectivity index (χ1n) is 8.18. The molecule has 114 valence electrons. The van der Waals surface area contributed by atoms with Crippen molar-refractivity contribution < 1.29 is 4.74 Å². The molecule has 0 aliphatic carbocycles. The van der Waals surface area contributed by atoms with Gasteiger partial charge in [0.1, 0.15) is 5.75 Å². The molecule has 0 aliphatic rings. The number of methoxy groups -OCH3 is 1. The van der Waals surface area contributed by atoms with E-state index in [-0.39, 0.29) is 6.04 Å². The first kappa shape index (κ1) is 17.0. The smallest absolute Gasteiger partial charge is 0.123 e. The van der Waals surface area contributed by atoms with Crippen LogP contribution in [-0.2, 0) is 0 Å². The molecule has 1 aromatic carbocycles. The molecule has 2 nitrogen and oxygen atoms in total. The summed E-state index contributed by atoms with van der Waals surface area (Å²) in [5.74, 6) is 0.916. The van der Waals surface area contributed by atoms with Crippen LogP contribution in [0.1, 0.15) is 76.3 Å². The molecule has 20 heavy (non-hydrogen) atoms. The maximum atomic E-state index is 6.27. The van der Waals surface area contributed by atoms with E-state index in [0.29, 0.717) is 0 Å². The monoisotopic (exact) mass is 277 g/mol. The van der Waals surface area contributed by atoms with Crippen LogP contribution in [0.4, 0.5) is 0 Å². The summed E-state index contributed by atoms with van der Waals surface area (Å²) < 4.78 is 5.37. The lowest BCUT2D eigenvalue weighted by Crippen LogP contribution is -2.11. The third-order valence-corrected chi connectivity index (χ3v) is 3.91. The molecule has 0 aromatic heterocycles. The van der Waals surface area contributed by atoms with E-state index in [2.05, 4.69) is 13.0 Å². The SMILES string of the molecule is CCCCCCCCCCC(N)c1ccccc1OC. The maximum absolute atomic E-state index is 6.27. The molecule has 1 unspecified atom stereocenters. The number of para-hydroxylation sites is 1. The van der Waals surface area contributed by atoms with Gasteiger partial charge < -0.3 is 10.5 Å². The van der Waals surface area contributed by atoms with Crippen molar-refractivity contribution in [3.8, 4) is 5.75 Å². The van der Waals surface area contributed by atoms with Gasteiger partial charge in [-0.3, -0.25) is 0 Å². The van der Waals surface area contributed by atoms with Crippen LogP contribution in [0.5, 0.6) is 5.75 Å². The number of hydrogen-bond donors (Lipinski definition) is 1. The number of unbranched alkanes of at least 4 members (excludes halogenated alkanes) is 7. The Morgan fingerprint density at radius 3 is 2.20 bits per heavy atom. The van der Waals surface area contributed by atoms with Crippen molar-refractivity contribution in [2.24, 2.45) is 5.73 Å². The molecule has 0 spiro atoms. The van der Waals surface area contributed by atoms with Crippen molar-refractivity contribution in [1.82, 2.24) is 0 Å². The van der Waals surface area contributed by atoms with Gasteiger partial charge in [-0.15, -0.1) is 0 Å². The summed E-state index contributed by atoms with van der Waals surface area (Å²) in [5.41, 5.74) is 7.41. The highest BCUT2D eigenvalue weighted by atomic mass is 16.5. The zero-order valence-corrected chi connectivity index (χ0v) is 13.2. The largest absolute Gasteiger partial charge is 0.496 e. The Kier molecular flexibility index (Phi) is 9.14. The fraction of sp³-hybridized carbons (Fsp3) is 0.667. The molecule has 0 bridgehead atoms. The summed E-state index contributed by atoms with van der Waals surface area (Å²) >= 11 is 0. The lowest BCUT2D eigenvalue weighted by atomic mass is 9.99. The Labute approximate surface area is 124 Å². The molecule has 2 N–H and O–H groups in total. The highest BCUT2D eigenvalue weighted by Gasteiger charge is 2.10. The Morgan fingerprint density at radius 2 is 1.55 bits per heavy atom. The fourth-order valence-electron chi connectivity index (χ4n) is 2.63. The normalized spacial score (nSPS) is 12.3. The minimum atomic E-state index is 0.103. The third-order valence-electron chi connectivity index (χ3n) is 3.91. The van der Waals surface area contributed by atoms with Crippen molar-refractivity contribution in [3.05, 3.63) is 29.8 Å². The van der Waals surface area contributed by atoms with Gasteiger partial charge in [0.25, 0.3) is 0 Å². The van der Waals surface area contributed by atoms with Gasteiger partial charge >= 0.3 is 0 Å². The summed E-state index contributed by atoms with van der Waals surface area (Å²) in [6.45, 7) is 2.26. The predicted octanol–water partition coefficient (Wildman–Crippen LogP) is 5.23. The summed E-state index contributed by atoms with van der Waals surface area (Å²) in [4.78, 5) is 0. The number of rotatable bonds is 11. The molecule has 0 heterocycles. The van der Waals surface area contributed by atoms with Gasteiger partial charge in [-0.05, 0) is 12.5 Å². The summed E-state index contributed by atoms with van der Waals surface area (Å²) in [5, 5.41) is 0. The van der Waals surface area contributed by atoms with Crippen LogP contribution in [0.15, 0.2) is 24.3 Å². The quantitative estimate of drug-likeness (QED) is 0.562. The van der Waals surface area contributed by atoms with Gasteiger partial charge in [-0.2, -0.15) is 0 Å². The molecule has 0 amide bonds. The second kappa shape index (κ2) is 10.7. The number of benzene rings is 1. The molecule has 0 radical (unpaired) electrons. The van der Waals surface area contributed by atoms with Crippen molar-refractivity contribution in [2.75, 3.05) is 7.11 Å². The van der Waals surface area contributed by atoms with Crippen LogP contribution in [0.3, 0.4) is 0 Å². The van der Waals surface area contributed by atoms with E-state index in [1.54, 1.807) is 7.11 Å². The minimum Gasteiger partial charge on any atom is -0.496 e. The lowest BCUT2D eigenvalue weighted by Gasteiger charge is -2.15. The van der Waals surface area contributed by atoms with Gasteiger partial charge in [-0.1, -0.05) is 76.5 Å². The Bertz CT molecular complexity index is 351. The molecule has 0 fully saturated rings. The van der Waals surface area contributed by atoms with Gasteiger partial charge in [0.05, 0.1) is 7.11 Å². The maximum Gasteiger partial charge on any atom is 0.123 e. The van der Waals surface area contributed by atoms with E-state index in [1.165, 1.54) is 51.4 Å². The Balaban J connectivity index is 2.15. The van der Waals surface area contributed by atoms with E-state index in [4.69, 9.17) is 10.5 Å². The summed E-state index contributed by atoms with van der Waals surface area (Å²) in [6, 6.07) is 8.19. The zero-order valence-electron chi connectivity index (χ0n) is 13.2. The topological polar surface area (TPSA) is 35.2 Å². The summed E-state index contributed by atoms with van der Waals surface area (Å²) in [6.07, 6.45) is 11.8. The first-order valence-corrected chi connectivity index (χ1v) is 8.18. The van der Waals surface area contributed by atoms with Gasteiger partial charge in [0.2, 0.25) is 0 Å². The van der Waals surface area contributed by atoms with E-state index in [0.717, 1.165) is 17.7 Å². The lowest BCUT2D eigenvalue weighted by molar-refractivity contribution is 0.403. The Morgan fingerprint density at radius 1 is 0.950 bits per heavy atom. The summed E-state index contributed by atoms with van der Waals surface area (Å²) in [7, 11) is 1.71. The van der Waals surface area contributed by atoms with E-state index in [9.17, 15) is 0 Å². The molecule has 0 saturated carbocycles. The average molecular weight is 277 g/mol. The van der Waals surface area contributed by atoms with Gasteiger partial charge in [-0.25, -0.2) is 0 Å². The van der Waals surface area contributed by atoms with Crippen LogP contribution in [0.25, 0.3) is 0 Å². The van der Waals surface area contributed by atoms with Crippen molar-refractivity contribution in [1.29, 1.82) is 0 Å². The standard InChI is InChI=1S/C18H31NO/c1-3-4-5-6-7-8-9-10-14-17(19)16-13-11-12-15-18(16)20-2/h11-13,15,17H,3-10,14,19H2,1-2H3. The molecular weight excluding hydrogens is 246 g/mol. The molecule has 0 aliphatic heterocycles. The Hall–Kier alpha value is -1.02. The second-order valence-electron chi connectivity index (χ2n) is 5.61. The van der Waals surface area contributed by atoms with Crippen molar-refractivity contribution in [3.63, 3.8) is 0 Å². The predicted molar refractivity (Wildman–Crippen MR) is 87.1 cm³/mol. The molecule has 0 saturated heterocycles. The third kappa shape index (κ3) is 6.42. The van der Waals surface area contributed by atoms with E-state index >= 15 is 0 Å². The van der Waals surface area contributed by atoms with Gasteiger partial charge in [0.15, 0.2) is 0 Å². The van der Waals surface area contributed by atoms with E-state index in [1.807, 2.05) is 18.2 Å². The number of ether oxygens (including phenoxy) is 1. The van der Waals surface area contributed by atoms with Crippen LogP contribution in [-0.4, -0.2) is 7.11 Å². The van der Waals surface area contributed by atoms with E-state index < -0.39 is 0 Å². The molecule has 2 heteroatoms. The van der Waals surface area contributed by atoms with Crippen LogP contribution < -0.4 is 10.5 Å². The second-order valence-corrected chi connectivity index (χ2v) is 5.61. The minimum absolute atomic E-state index is 0.103.